The normalized spacial score (nSPS) is 23.1. The zero-order chi connectivity index (χ0) is 18.1. The molecule has 3 fully saturated rings. The summed E-state index contributed by atoms with van der Waals surface area (Å²) in [6.45, 7) is 3.74. The van der Waals surface area contributed by atoms with Crippen LogP contribution in [0.1, 0.15) is 29.0 Å². The van der Waals surface area contributed by atoms with E-state index in [0.717, 1.165) is 38.3 Å². The maximum atomic E-state index is 13.0. The highest BCUT2D eigenvalue weighted by molar-refractivity contribution is 5.91. The van der Waals surface area contributed by atoms with Crippen LogP contribution >= 0.6 is 0 Å². The van der Waals surface area contributed by atoms with Crippen molar-refractivity contribution in [3.63, 3.8) is 0 Å². The van der Waals surface area contributed by atoms with Crippen LogP contribution in [-0.2, 0) is 13.6 Å². The second-order valence-corrected chi connectivity index (χ2v) is 7.46. The van der Waals surface area contributed by atoms with Crippen LogP contribution in [0.5, 0.6) is 5.75 Å². The van der Waals surface area contributed by atoms with Crippen LogP contribution in [0.4, 0.5) is 0 Å². The number of carbonyl (C=O) groups is 1. The molecular weight excluding hydrogens is 328 g/mol. The fourth-order valence-corrected chi connectivity index (χ4v) is 4.25. The molecule has 0 unspecified atom stereocenters. The summed E-state index contributed by atoms with van der Waals surface area (Å²) in [6, 6.07) is 8.55. The Labute approximate surface area is 154 Å². The van der Waals surface area contributed by atoms with E-state index in [0.29, 0.717) is 11.7 Å². The number of aryl methyl sites for hydroxylation is 1. The number of ether oxygens (including phenoxy) is 1. The molecule has 4 heterocycles. The average molecular weight is 354 g/mol. The first kappa shape index (κ1) is 17.1. The predicted octanol–water partition coefficient (Wildman–Crippen LogP) is 2.17. The van der Waals surface area contributed by atoms with Gasteiger partial charge in [-0.25, -0.2) is 4.98 Å². The van der Waals surface area contributed by atoms with Crippen LogP contribution in [0.25, 0.3) is 0 Å². The fourth-order valence-electron chi connectivity index (χ4n) is 4.25. The minimum atomic E-state index is 0.0681. The third-order valence-corrected chi connectivity index (χ3v) is 5.63. The van der Waals surface area contributed by atoms with Crippen LogP contribution in [0.15, 0.2) is 36.7 Å². The van der Waals surface area contributed by atoms with Gasteiger partial charge < -0.3 is 14.2 Å². The molecule has 0 radical (unpaired) electrons. The van der Waals surface area contributed by atoms with Gasteiger partial charge in [0.05, 0.1) is 7.11 Å². The molecule has 1 amide bonds. The first-order valence-corrected chi connectivity index (χ1v) is 9.27. The standard InChI is InChI=1S/C20H26N4O2/c1-22-10-9-21-19(22)20(25)24-13-16-3-6-17(24)14-23(12-16)11-15-4-7-18(26-2)8-5-15/h4-5,7-10,16-17H,3,6,11-14H2,1-2H3/t16-,17+/m0/s1. The zero-order valence-corrected chi connectivity index (χ0v) is 15.5. The Morgan fingerprint density at radius 3 is 2.69 bits per heavy atom. The molecule has 2 bridgehead atoms. The summed E-state index contributed by atoms with van der Waals surface area (Å²) in [5.41, 5.74) is 1.29. The summed E-state index contributed by atoms with van der Waals surface area (Å²) in [4.78, 5) is 21.8. The number of imidazole rings is 1. The fraction of sp³-hybridized carbons (Fsp3) is 0.500. The molecule has 2 aromatic rings. The van der Waals surface area contributed by atoms with Crippen LogP contribution in [0.3, 0.4) is 0 Å². The molecule has 0 aliphatic carbocycles. The van der Waals surface area contributed by atoms with Gasteiger partial charge >= 0.3 is 0 Å². The Morgan fingerprint density at radius 1 is 1.19 bits per heavy atom. The van der Waals surface area contributed by atoms with Crippen molar-refractivity contribution in [2.75, 3.05) is 26.7 Å². The number of nitrogens with zero attached hydrogens (tertiary/aromatic N) is 4. The van der Waals surface area contributed by atoms with Crippen LogP contribution < -0.4 is 4.74 Å². The molecule has 1 aromatic carbocycles. The van der Waals surface area contributed by atoms with Gasteiger partial charge in [-0.2, -0.15) is 0 Å². The summed E-state index contributed by atoms with van der Waals surface area (Å²) in [6.07, 6.45) is 5.81. The van der Waals surface area contributed by atoms with Crippen LogP contribution in [-0.4, -0.2) is 58.0 Å². The predicted molar refractivity (Wildman–Crippen MR) is 99.0 cm³/mol. The maximum Gasteiger partial charge on any atom is 0.290 e. The van der Waals surface area contributed by atoms with E-state index < -0.39 is 0 Å². The van der Waals surface area contributed by atoms with Crippen molar-refractivity contribution >= 4 is 5.91 Å². The van der Waals surface area contributed by atoms with Gasteiger partial charge in [-0.15, -0.1) is 0 Å². The summed E-state index contributed by atoms with van der Waals surface area (Å²) < 4.78 is 7.06. The Morgan fingerprint density at radius 2 is 2.00 bits per heavy atom. The van der Waals surface area contributed by atoms with Gasteiger partial charge in [0.2, 0.25) is 0 Å². The quantitative estimate of drug-likeness (QED) is 0.844. The third-order valence-electron chi connectivity index (χ3n) is 5.63. The van der Waals surface area contributed by atoms with E-state index in [1.54, 1.807) is 13.3 Å². The van der Waals surface area contributed by atoms with E-state index >= 15 is 0 Å². The molecule has 0 spiro atoms. The van der Waals surface area contributed by atoms with Crippen molar-refractivity contribution in [3.05, 3.63) is 48.0 Å². The summed E-state index contributed by atoms with van der Waals surface area (Å²) >= 11 is 0. The largest absolute Gasteiger partial charge is 0.497 e. The van der Waals surface area contributed by atoms with E-state index in [4.69, 9.17) is 4.74 Å². The van der Waals surface area contributed by atoms with E-state index in [9.17, 15) is 4.79 Å². The van der Waals surface area contributed by atoms with Crippen LogP contribution in [0, 0.1) is 5.92 Å². The lowest BCUT2D eigenvalue weighted by Crippen LogP contribution is -2.48. The summed E-state index contributed by atoms with van der Waals surface area (Å²) in [7, 11) is 3.57. The van der Waals surface area contributed by atoms with Crippen molar-refractivity contribution in [1.82, 2.24) is 19.4 Å². The van der Waals surface area contributed by atoms with E-state index in [1.807, 2.05) is 29.9 Å². The Balaban J connectivity index is 1.47. The molecule has 138 valence electrons. The van der Waals surface area contributed by atoms with Gasteiger partial charge in [-0.1, -0.05) is 12.1 Å². The number of fused-ring (bicyclic) bond motifs is 4. The van der Waals surface area contributed by atoms with E-state index in [-0.39, 0.29) is 11.9 Å². The molecule has 3 saturated heterocycles. The average Bonchev–Trinajstić information content (AvgIpc) is 2.89. The number of carbonyl (C=O) groups excluding carboxylic acids is 1. The minimum absolute atomic E-state index is 0.0681. The number of methoxy groups -OCH3 is 1. The monoisotopic (exact) mass is 354 g/mol. The third kappa shape index (κ3) is 3.33. The van der Waals surface area contributed by atoms with Gasteiger partial charge in [0.25, 0.3) is 5.91 Å². The van der Waals surface area contributed by atoms with Gasteiger partial charge in [0, 0.05) is 51.7 Å². The first-order chi connectivity index (χ1) is 12.6. The molecule has 5 rings (SSSR count). The molecule has 1 aromatic heterocycles. The first-order valence-electron chi connectivity index (χ1n) is 9.27. The molecule has 6 nitrogen and oxygen atoms in total. The molecule has 2 atom stereocenters. The molecular formula is C20H26N4O2. The smallest absolute Gasteiger partial charge is 0.290 e. The van der Waals surface area contributed by atoms with Crippen molar-refractivity contribution in [2.24, 2.45) is 13.0 Å². The number of piperidine rings is 1. The minimum Gasteiger partial charge on any atom is -0.497 e. The number of aromatic nitrogens is 2. The van der Waals surface area contributed by atoms with Crippen molar-refractivity contribution in [3.8, 4) is 5.75 Å². The van der Waals surface area contributed by atoms with E-state index in [2.05, 4.69) is 26.9 Å². The number of amides is 1. The zero-order valence-electron chi connectivity index (χ0n) is 15.5. The lowest BCUT2D eigenvalue weighted by Gasteiger charge is -2.36. The van der Waals surface area contributed by atoms with Crippen molar-refractivity contribution < 1.29 is 9.53 Å². The molecule has 6 heteroatoms. The lowest BCUT2D eigenvalue weighted by atomic mass is 9.95. The van der Waals surface area contributed by atoms with Crippen LogP contribution in [0.2, 0.25) is 0 Å². The molecule has 26 heavy (non-hydrogen) atoms. The highest BCUT2D eigenvalue weighted by Crippen LogP contribution is 2.30. The number of hydrogen-bond donors (Lipinski definition) is 0. The lowest BCUT2D eigenvalue weighted by molar-refractivity contribution is 0.0568. The summed E-state index contributed by atoms with van der Waals surface area (Å²) in [5, 5.41) is 0. The summed E-state index contributed by atoms with van der Waals surface area (Å²) in [5.74, 6) is 2.03. The molecule has 3 aliphatic rings. The second-order valence-electron chi connectivity index (χ2n) is 7.46. The second kappa shape index (κ2) is 7.11. The Bertz CT molecular complexity index is 770. The van der Waals surface area contributed by atoms with E-state index in [1.165, 1.54) is 12.0 Å². The Kier molecular flexibility index (Phi) is 4.68. The Hall–Kier alpha value is -2.34. The SMILES string of the molecule is COc1ccc(CN2C[C@@H]3CC[C@H](C2)N(C(=O)c2nccn2C)C3)cc1. The van der Waals surface area contributed by atoms with Gasteiger partial charge in [-0.3, -0.25) is 9.69 Å². The maximum absolute atomic E-state index is 13.0. The molecule has 0 N–H and O–H groups in total. The molecule has 3 aliphatic heterocycles. The highest BCUT2D eigenvalue weighted by atomic mass is 16.5. The van der Waals surface area contributed by atoms with Gasteiger partial charge in [0.15, 0.2) is 5.82 Å². The topological polar surface area (TPSA) is 50.6 Å². The van der Waals surface area contributed by atoms with Crippen molar-refractivity contribution in [1.29, 1.82) is 0 Å². The van der Waals surface area contributed by atoms with Gasteiger partial charge in [-0.05, 0) is 36.5 Å². The highest BCUT2D eigenvalue weighted by Gasteiger charge is 2.38. The van der Waals surface area contributed by atoms with Gasteiger partial charge in [0.1, 0.15) is 5.75 Å². The molecule has 0 saturated carbocycles. The number of rotatable bonds is 4. The number of hydrogen-bond acceptors (Lipinski definition) is 4. The number of benzene rings is 1. The van der Waals surface area contributed by atoms with Crippen molar-refractivity contribution in [2.45, 2.75) is 25.4 Å².